The Hall–Kier alpha value is -3.50. The van der Waals surface area contributed by atoms with Crippen LogP contribution in [0.1, 0.15) is 35.1 Å². The SMILES string of the molecule is CNC(=C1CC1)c1cccc(F)c1.c1ccc2c(c1)CCN(Cc1ccnc3ccccc13)C2. The molecular weight excluding hydrogens is 421 g/mol. The standard InChI is InChI=1S/C19H18N2.C11H12FN/c1-2-6-16-13-21(12-10-15(16)5-1)14-17-9-11-20-19-8-4-3-7-18(17)19;1-13-11(8-5-6-8)9-3-2-4-10(12)7-9/h1-9,11H,10,12-14H2;2-4,7,13H,5-6H2,1H3. The van der Waals surface area contributed by atoms with Crippen molar-refractivity contribution in [2.75, 3.05) is 13.6 Å². The summed E-state index contributed by atoms with van der Waals surface area (Å²) < 4.78 is 12.9. The first-order chi connectivity index (χ1) is 16.7. The molecule has 0 atom stereocenters. The van der Waals surface area contributed by atoms with Crippen molar-refractivity contribution in [1.82, 2.24) is 15.2 Å². The highest BCUT2D eigenvalue weighted by atomic mass is 19.1. The smallest absolute Gasteiger partial charge is 0.123 e. The lowest BCUT2D eigenvalue weighted by molar-refractivity contribution is 0.246. The van der Waals surface area contributed by atoms with Crippen LogP contribution in [0.25, 0.3) is 16.6 Å². The molecule has 6 rings (SSSR count). The number of benzene rings is 3. The van der Waals surface area contributed by atoms with Crippen LogP contribution in [-0.4, -0.2) is 23.5 Å². The number of rotatable bonds is 4. The molecule has 4 heteroatoms. The molecule has 1 saturated carbocycles. The highest BCUT2D eigenvalue weighted by molar-refractivity contribution is 5.81. The Morgan fingerprint density at radius 2 is 1.71 bits per heavy atom. The van der Waals surface area contributed by atoms with E-state index in [1.54, 1.807) is 12.1 Å². The highest BCUT2D eigenvalue weighted by Crippen LogP contribution is 2.34. The van der Waals surface area contributed by atoms with E-state index in [9.17, 15) is 4.39 Å². The van der Waals surface area contributed by atoms with Gasteiger partial charge >= 0.3 is 0 Å². The second-order valence-corrected chi connectivity index (χ2v) is 8.96. The Kier molecular flexibility index (Phi) is 6.68. The molecule has 1 aliphatic heterocycles. The number of nitrogens with zero attached hydrogens (tertiary/aromatic N) is 2. The Balaban J connectivity index is 0.000000159. The van der Waals surface area contributed by atoms with Gasteiger partial charge in [0.25, 0.3) is 0 Å². The van der Waals surface area contributed by atoms with Crippen molar-refractivity contribution in [3.8, 4) is 0 Å². The molecule has 2 aliphatic rings. The average molecular weight is 452 g/mol. The molecule has 0 spiro atoms. The summed E-state index contributed by atoms with van der Waals surface area (Å²) in [4.78, 5) is 6.98. The molecule has 3 nitrogen and oxygen atoms in total. The molecule has 3 aromatic carbocycles. The van der Waals surface area contributed by atoms with Crippen molar-refractivity contribution in [2.45, 2.75) is 32.4 Å². The van der Waals surface area contributed by atoms with Gasteiger partial charge < -0.3 is 5.32 Å². The summed E-state index contributed by atoms with van der Waals surface area (Å²) in [5, 5.41) is 4.40. The molecule has 2 heterocycles. The van der Waals surface area contributed by atoms with Gasteiger partial charge in [-0.15, -0.1) is 0 Å². The van der Waals surface area contributed by atoms with Crippen molar-refractivity contribution >= 4 is 16.6 Å². The van der Waals surface area contributed by atoms with Crippen LogP contribution < -0.4 is 5.32 Å². The van der Waals surface area contributed by atoms with E-state index in [1.165, 1.54) is 33.7 Å². The maximum Gasteiger partial charge on any atom is 0.123 e. The van der Waals surface area contributed by atoms with Crippen molar-refractivity contribution in [1.29, 1.82) is 0 Å². The van der Waals surface area contributed by atoms with Gasteiger partial charge in [0.1, 0.15) is 5.82 Å². The van der Waals surface area contributed by atoms with Gasteiger partial charge in [0.05, 0.1) is 5.52 Å². The van der Waals surface area contributed by atoms with Crippen LogP contribution in [0.3, 0.4) is 0 Å². The van der Waals surface area contributed by atoms with Crippen molar-refractivity contribution in [2.24, 2.45) is 0 Å². The van der Waals surface area contributed by atoms with Gasteiger partial charge in [-0.25, -0.2) is 4.39 Å². The molecule has 172 valence electrons. The average Bonchev–Trinajstić information content (AvgIpc) is 3.71. The Bertz CT molecular complexity index is 1320. The van der Waals surface area contributed by atoms with E-state index in [1.807, 2.05) is 19.3 Å². The lowest BCUT2D eigenvalue weighted by Gasteiger charge is -2.29. The van der Waals surface area contributed by atoms with Gasteiger partial charge in [-0.05, 0) is 65.8 Å². The molecule has 0 radical (unpaired) electrons. The molecule has 0 saturated heterocycles. The fourth-order valence-electron chi connectivity index (χ4n) is 4.70. The van der Waals surface area contributed by atoms with Crippen molar-refractivity contribution in [3.05, 3.63) is 119 Å². The normalized spacial score (nSPS) is 14.7. The molecule has 1 N–H and O–H groups in total. The molecule has 4 aromatic rings. The third-order valence-electron chi connectivity index (χ3n) is 6.56. The number of para-hydroxylation sites is 1. The van der Waals surface area contributed by atoms with Gasteiger partial charge in [0.15, 0.2) is 0 Å². The molecule has 1 aromatic heterocycles. The molecule has 1 fully saturated rings. The monoisotopic (exact) mass is 451 g/mol. The van der Waals surface area contributed by atoms with E-state index in [0.717, 1.165) is 55.7 Å². The van der Waals surface area contributed by atoms with Crippen molar-refractivity contribution in [3.63, 3.8) is 0 Å². The molecule has 0 unspecified atom stereocenters. The zero-order chi connectivity index (χ0) is 23.3. The lowest BCUT2D eigenvalue weighted by Crippen LogP contribution is -2.30. The summed E-state index contributed by atoms with van der Waals surface area (Å²) in [5.74, 6) is -0.175. The van der Waals surface area contributed by atoms with Gasteiger partial charge in [0, 0.05) is 49.5 Å². The summed E-state index contributed by atoms with van der Waals surface area (Å²) in [6.45, 7) is 3.18. The first kappa shape index (κ1) is 22.3. The summed E-state index contributed by atoms with van der Waals surface area (Å²) in [6, 6.07) is 26.1. The summed E-state index contributed by atoms with van der Waals surface area (Å²) in [7, 11) is 1.88. The first-order valence-corrected chi connectivity index (χ1v) is 12.0. The Morgan fingerprint density at radius 3 is 2.50 bits per heavy atom. The third-order valence-corrected chi connectivity index (χ3v) is 6.56. The predicted octanol–water partition coefficient (Wildman–Crippen LogP) is 6.34. The van der Waals surface area contributed by atoms with Gasteiger partial charge in [0.2, 0.25) is 0 Å². The van der Waals surface area contributed by atoms with Crippen LogP contribution in [0.15, 0.2) is 90.6 Å². The minimum atomic E-state index is -0.175. The number of nitrogens with one attached hydrogen (secondary N) is 1. The molecule has 34 heavy (non-hydrogen) atoms. The zero-order valence-corrected chi connectivity index (χ0v) is 19.6. The first-order valence-electron chi connectivity index (χ1n) is 12.0. The number of hydrogen-bond donors (Lipinski definition) is 1. The van der Waals surface area contributed by atoms with E-state index in [-0.39, 0.29) is 5.82 Å². The van der Waals surface area contributed by atoms with E-state index in [0.29, 0.717) is 0 Å². The van der Waals surface area contributed by atoms with Gasteiger partial charge in [-0.2, -0.15) is 0 Å². The van der Waals surface area contributed by atoms with E-state index in [2.05, 4.69) is 69.8 Å². The van der Waals surface area contributed by atoms with E-state index >= 15 is 0 Å². The maximum absolute atomic E-state index is 12.9. The summed E-state index contributed by atoms with van der Waals surface area (Å²) in [6.07, 6.45) is 5.37. The number of allylic oxidation sites excluding steroid dienone is 1. The zero-order valence-electron chi connectivity index (χ0n) is 19.6. The predicted molar refractivity (Wildman–Crippen MR) is 138 cm³/mol. The molecule has 1 aliphatic carbocycles. The number of aromatic nitrogens is 1. The highest BCUT2D eigenvalue weighted by Gasteiger charge is 2.18. The van der Waals surface area contributed by atoms with Crippen LogP contribution >= 0.6 is 0 Å². The van der Waals surface area contributed by atoms with Gasteiger partial charge in [-0.1, -0.05) is 54.6 Å². The van der Waals surface area contributed by atoms with Crippen LogP contribution in [-0.2, 0) is 19.5 Å². The molecular formula is C30H30FN3. The minimum Gasteiger partial charge on any atom is -0.388 e. The maximum atomic E-state index is 12.9. The second kappa shape index (κ2) is 10.2. The Labute approximate surface area is 201 Å². The summed E-state index contributed by atoms with van der Waals surface area (Å²) >= 11 is 0. The Morgan fingerprint density at radius 1 is 0.912 bits per heavy atom. The number of halogens is 1. The quantitative estimate of drug-likeness (QED) is 0.392. The fraction of sp³-hybridized carbons (Fsp3) is 0.233. The third kappa shape index (κ3) is 5.18. The van der Waals surface area contributed by atoms with Crippen LogP contribution in [0.5, 0.6) is 0 Å². The number of pyridine rings is 1. The molecule has 0 bridgehead atoms. The number of hydrogen-bond acceptors (Lipinski definition) is 3. The van der Waals surface area contributed by atoms with Crippen LogP contribution in [0, 0.1) is 5.82 Å². The van der Waals surface area contributed by atoms with Crippen molar-refractivity contribution < 1.29 is 4.39 Å². The lowest BCUT2D eigenvalue weighted by atomic mass is 9.99. The fourth-order valence-corrected chi connectivity index (χ4v) is 4.70. The second-order valence-electron chi connectivity index (χ2n) is 8.96. The number of fused-ring (bicyclic) bond motifs is 2. The molecule has 0 amide bonds. The van der Waals surface area contributed by atoms with Crippen LogP contribution in [0.4, 0.5) is 4.39 Å². The van der Waals surface area contributed by atoms with E-state index in [4.69, 9.17) is 0 Å². The largest absolute Gasteiger partial charge is 0.388 e. The van der Waals surface area contributed by atoms with Crippen LogP contribution in [0.2, 0.25) is 0 Å². The minimum absolute atomic E-state index is 0.175. The summed E-state index contributed by atoms with van der Waals surface area (Å²) in [5.41, 5.74) is 8.89. The van der Waals surface area contributed by atoms with E-state index < -0.39 is 0 Å². The van der Waals surface area contributed by atoms with Gasteiger partial charge in [-0.3, -0.25) is 9.88 Å². The topological polar surface area (TPSA) is 28.2 Å².